The number of piperidine rings is 1. The smallest absolute Gasteiger partial charge is 0.254 e. The third-order valence-electron chi connectivity index (χ3n) is 4.18. The second-order valence-corrected chi connectivity index (χ2v) is 8.14. The molecule has 0 aliphatic carbocycles. The fraction of sp³-hybridized carbons (Fsp3) is 0.579. The molecule has 1 saturated heterocycles. The van der Waals surface area contributed by atoms with Crippen LogP contribution in [0.4, 0.5) is 0 Å². The number of nitrogens with zero attached hydrogens (tertiary/aromatic N) is 1. The summed E-state index contributed by atoms with van der Waals surface area (Å²) in [7, 11) is 0. The quantitative estimate of drug-likeness (QED) is 0.800. The van der Waals surface area contributed by atoms with Gasteiger partial charge in [0.05, 0.1) is 5.56 Å². The summed E-state index contributed by atoms with van der Waals surface area (Å²) in [6.07, 6.45) is 2.45. The number of thioether (sulfide) groups is 1. The number of nitrogens with one attached hydrogen (secondary N) is 1. The zero-order valence-electron chi connectivity index (χ0n) is 14.9. The maximum Gasteiger partial charge on any atom is 0.254 e. The second-order valence-electron chi connectivity index (χ2n) is 6.52. The van der Waals surface area contributed by atoms with Gasteiger partial charge in [0.15, 0.2) is 0 Å². The van der Waals surface area contributed by atoms with Gasteiger partial charge in [-0.3, -0.25) is 9.59 Å². The van der Waals surface area contributed by atoms with Crippen LogP contribution in [-0.4, -0.2) is 41.6 Å². The molecule has 4 nitrogen and oxygen atoms in total. The first-order valence-corrected chi connectivity index (χ1v) is 9.73. The number of benzene rings is 1. The van der Waals surface area contributed by atoms with E-state index in [9.17, 15) is 9.59 Å². The molecule has 5 heteroatoms. The van der Waals surface area contributed by atoms with E-state index in [0.29, 0.717) is 18.3 Å². The van der Waals surface area contributed by atoms with Crippen molar-refractivity contribution in [3.05, 3.63) is 29.8 Å². The minimum atomic E-state index is 0.0425. The Hall–Kier alpha value is -1.49. The number of hydrogen-bond acceptors (Lipinski definition) is 3. The third-order valence-corrected chi connectivity index (χ3v) is 5.26. The molecule has 0 spiro atoms. The fourth-order valence-corrected chi connectivity index (χ4v) is 3.85. The molecule has 1 aliphatic heterocycles. The SMILES string of the molecule is CCCNC(=O)C1CCN(C(=O)c2ccccc2SC(C)C)CC1. The average Bonchev–Trinajstić information content (AvgIpc) is 2.59. The molecular formula is C19H28N2O2S. The van der Waals surface area contributed by atoms with Crippen LogP contribution in [0.15, 0.2) is 29.2 Å². The topological polar surface area (TPSA) is 49.4 Å². The number of carbonyl (C=O) groups is 2. The van der Waals surface area contributed by atoms with Gasteiger partial charge in [-0.15, -0.1) is 11.8 Å². The van der Waals surface area contributed by atoms with Gasteiger partial charge in [0.25, 0.3) is 5.91 Å². The molecule has 132 valence electrons. The fourth-order valence-electron chi connectivity index (χ4n) is 2.91. The maximum atomic E-state index is 12.9. The van der Waals surface area contributed by atoms with Gasteiger partial charge in [-0.25, -0.2) is 0 Å². The zero-order chi connectivity index (χ0) is 17.5. The van der Waals surface area contributed by atoms with Crippen LogP contribution in [-0.2, 0) is 4.79 Å². The van der Waals surface area contributed by atoms with Crippen molar-refractivity contribution in [2.45, 2.75) is 50.2 Å². The van der Waals surface area contributed by atoms with Gasteiger partial charge in [0.1, 0.15) is 0 Å². The van der Waals surface area contributed by atoms with Crippen LogP contribution in [0.1, 0.15) is 50.4 Å². The van der Waals surface area contributed by atoms with Crippen LogP contribution in [0.5, 0.6) is 0 Å². The highest BCUT2D eigenvalue weighted by atomic mass is 32.2. The van der Waals surface area contributed by atoms with Crippen LogP contribution < -0.4 is 5.32 Å². The molecule has 1 aliphatic rings. The van der Waals surface area contributed by atoms with Crippen molar-refractivity contribution in [3.63, 3.8) is 0 Å². The van der Waals surface area contributed by atoms with Crippen molar-refractivity contribution in [1.29, 1.82) is 0 Å². The van der Waals surface area contributed by atoms with Gasteiger partial charge in [0.2, 0.25) is 5.91 Å². The molecule has 1 aromatic carbocycles. The summed E-state index contributed by atoms with van der Waals surface area (Å²) in [5.74, 6) is 0.270. The summed E-state index contributed by atoms with van der Waals surface area (Å²) < 4.78 is 0. The maximum absolute atomic E-state index is 12.9. The molecule has 1 aromatic rings. The summed E-state index contributed by atoms with van der Waals surface area (Å²) in [6.45, 7) is 8.36. The highest BCUT2D eigenvalue weighted by molar-refractivity contribution is 8.00. The predicted octanol–water partition coefficient (Wildman–Crippen LogP) is 3.57. The van der Waals surface area contributed by atoms with Crippen molar-refractivity contribution >= 4 is 23.6 Å². The van der Waals surface area contributed by atoms with E-state index >= 15 is 0 Å². The lowest BCUT2D eigenvalue weighted by Crippen LogP contribution is -2.43. The largest absolute Gasteiger partial charge is 0.356 e. The van der Waals surface area contributed by atoms with Crippen molar-refractivity contribution in [1.82, 2.24) is 10.2 Å². The summed E-state index contributed by atoms with van der Waals surface area (Å²) in [5.41, 5.74) is 0.782. The van der Waals surface area contributed by atoms with E-state index in [2.05, 4.69) is 19.2 Å². The molecule has 1 fully saturated rings. The average molecular weight is 349 g/mol. The normalized spacial score (nSPS) is 15.6. The number of amides is 2. The highest BCUT2D eigenvalue weighted by Gasteiger charge is 2.28. The monoisotopic (exact) mass is 348 g/mol. The van der Waals surface area contributed by atoms with E-state index in [4.69, 9.17) is 0 Å². The van der Waals surface area contributed by atoms with Crippen LogP contribution >= 0.6 is 11.8 Å². The van der Waals surface area contributed by atoms with E-state index in [0.717, 1.165) is 36.3 Å². The van der Waals surface area contributed by atoms with Crippen molar-refractivity contribution in [2.75, 3.05) is 19.6 Å². The standard InChI is InChI=1S/C19H28N2O2S/c1-4-11-20-18(22)15-9-12-21(13-10-15)19(23)16-7-5-6-8-17(16)24-14(2)3/h5-8,14-15H,4,9-13H2,1-3H3,(H,20,22). The molecule has 0 saturated carbocycles. The van der Waals surface area contributed by atoms with Crippen LogP contribution in [0.2, 0.25) is 0 Å². The van der Waals surface area contributed by atoms with E-state index in [1.807, 2.05) is 36.1 Å². The Morgan fingerprint density at radius 2 is 1.92 bits per heavy atom. The van der Waals surface area contributed by atoms with E-state index < -0.39 is 0 Å². The molecule has 2 amide bonds. The first-order valence-electron chi connectivity index (χ1n) is 8.85. The molecule has 2 rings (SSSR count). The Labute approximate surface area is 149 Å². The lowest BCUT2D eigenvalue weighted by atomic mass is 9.95. The Balaban J connectivity index is 1.97. The second kappa shape index (κ2) is 9.11. The van der Waals surface area contributed by atoms with E-state index in [1.54, 1.807) is 11.8 Å². The van der Waals surface area contributed by atoms with Crippen LogP contribution in [0.25, 0.3) is 0 Å². The lowest BCUT2D eigenvalue weighted by molar-refractivity contribution is -0.126. The van der Waals surface area contributed by atoms with E-state index in [1.165, 1.54) is 0 Å². The molecule has 0 atom stereocenters. The Morgan fingerprint density at radius 3 is 2.54 bits per heavy atom. The lowest BCUT2D eigenvalue weighted by Gasteiger charge is -2.32. The summed E-state index contributed by atoms with van der Waals surface area (Å²) in [4.78, 5) is 27.9. The first-order chi connectivity index (χ1) is 11.5. The molecule has 0 bridgehead atoms. The summed E-state index contributed by atoms with van der Waals surface area (Å²) in [5, 5.41) is 3.40. The van der Waals surface area contributed by atoms with Crippen molar-refractivity contribution < 1.29 is 9.59 Å². The number of likely N-dealkylation sites (tertiary alicyclic amines) is 1. The number of hydrogen-bond donors (Lipinski definition) is 1. The van der Waals surface area contributed by atoms with Gasteiger partial charge in [-0.05, 0) is 31.4 Å². The van der Waals surface area contributed by atoms with Gasteiger partial charge in [0, 0.05) is 35.7 Å². The first kappa shape index (κ1) is 18.8. The van der Waals surface area contributed by atoms with Gasteiger partial charge in [-0.1, -0.05) is 32.9 Å². The minimum Gasteiger partial charge on any atom is -0.356 e. The van der Waals surface area contributed by atoms with Crippen molar-refractivity contribution in [2.24, 2.45) is 5.92 Å². The molecular weight excluding hydrogens is 320 g/mol. The molecule has 24 heavy (non-hydrogen) atoms. The molecule has 0 unspecified atom stereocenters. The zero-order valence-corrected chi connectivity index (χ0v) is 15.7. The van der Waals surface area contributed by atoms with Crippen LogP contribution in [0, 0.1) is 5.92 Å². The minimum absolute atomic E-state index is 0.0425. The Morgan fingerprint density at radius 1 is 1.25 bits per heavy atom. The molecule has 1 heterocycles. The highest BCUT2D eigenvalue weighted by Crippen LogP contribution is 2.28. The van der Waals surface area contributed by atoms with Gasteiger partial charge in [-0.2, -0.15) is 0 Å². The molecule has 0 radical (unpaired) electrons. The number of carbonyl (C=O) groups excluding carboxylic acids is 2. The van der Waals surface area contributed by atoms with Gasteiger partial charge >= 0.3 is 0 Å². The molecule has 0 aromatic heterocycles. The summed E-state index contributed by atoms with van der Waals surface area (Å²) in [6, 6.07) is 7.82. The third kappa shape index (κ3) is 5.00. The van der Waals surface area contributed by atoms with Gasteiger partial charge < -0.3 is 10.2 Å². The molecule has 1 N–H and O–H groups in total. The Bertz CT molecular complexity index is 566. The number of rotatable bonds is 6. The van der Waals surface area contributed by atoms with Crippen molar-refractivity contribution in [3.8, 4) is 0 Å². The predicted molar refractivity (Wildman–Crippen MR) is 99.4 cm³/mol. The Kier molecular flexibility index (Phi) is 7.16. The van der Waals surface area contributed by atoms with E-state index in [-0.39, 0.29) is 17.7 Å². The summed E-state index contributed by atoms with van der Waals surface area (Å²) >= 11 is 1.72. The van der Waals surface area contributed by atoms with Crippen LogP contribution in [0.3, 0.4) is 0 Å².